The summed E-state index contributed by atoms with van der Waals surface area (Å²) >= 11 is 5.44. The van der Waals surface area contributed by atoms with Crippen LogP contribution in [-0.4, -0.2) is 20.4 Å². The molecule has 0 aromatic carbocycles. The van der Waals surface area contributed by atoms with Gasteiger partial charge in [-0.2, -0.15) is 15.3 Å². The van der Waals surface area contributed by atoms with Crippen LogP contribution in [0.2, 0.25) is 5.15 Å². The number of rotatable bonds is 1. The van der Waals surface area contributed by atoms with E-state index in [4.69, 9.17) is 11.6 Å². The highest BCUT2D eigenvalue weighted by molar-refractivity contribution is 6.29. The zero-order valence-corrected chi connectivity index (χ0v) is 11.4. The van der Waals surface area contributed by atoms with Gasteiger partial charge in [0, 0.05) is 0 Å². The Morgan fingerprint density at radius 3 is 1.89 bits per heavy atom. The van der Waals surface area contributed by atoms with Gasteiger partial charge in [-0.1, -0.05) is 17.7 Å². The summed E-state index contributed by atoms with van der Waals surface area (Å²) in [5.74, 6) is 0. The van der Waals surface area contributed by atoms with Crippen molar-refractivity contribution < 1.29 is 0 Å². The molecule has 5 heteroatoms. The summed E-state index contributed by atoms with van der Waals surface area (Å²) in [6, 6.07) is 7.42. The van der Waals surface area contributed by atoms with Crippen molar-refractivity contribution >= 4 is 17.7 Å². The molecule has 94 valence electrons. The summed E-state index contributed by atoms with van der Waals surface area (Å²) in [5, 5.41) is 15.6. The maximum atomic E-state index is 5.44. The fraction of sp³-hybridized carbons (Fsp3) is 0.231. The lowest BCUT2D eigenvalue weighted by Gasteiger charge is -1.90. The minimum Gasteiger partial charge on any atom is -0.155 e. The summed E-state index contributed by atoms with van der Waals surface area (Å²) in [4.78, 5) is 0. The van der Waals surface area contributed by atoms with Gasteiger partial charge in [-0.25, -0.2) is 0 Å². The number of nitrogens with zero attached hydrogens (tertiary/aromatic N) is 4. The van der Waals surface area contributed by atoms with Gasteiger partial charge in [-0.3, -0.25) is 0 Å². The number of aryl methyl sites for hydroxylation is 2. The number of halogens is 1. The Morgan fingerprint density at radius 2 is 1.50 bits per heavy atom. The first-order valence-corrected chi connectivity index (χ1v) is 5.88. The highest BCUT2D eigenvalue weighted by Gasteiger charge is 1.86. The maximum Gasteiger partial charge on any atom is 0.151 e. The average Bonchev–Trinajstić information content (AvgIpc) is 2.37. The smallest absolute Gasteiger partial charge is 0.151 e. The minimum atomic E-state index is 0.440. The van der Waals surface area contributed by atoms with E-state index in [1.165, 1.54) is 0 Å². The molecule has 0 N–H and O–H groups in total. The van der Waals surface area contributed by atoms with E-state index in [2.05, 4.69) is 20.4 Å². The third-order valence-corrected chi connectivity index (χ3v) is 2.12. The summed E-state index contributed by atoms with van der Waals surface area (Å²) in [5.41, 5.74) is 2.75. The third-order valence-electron chi connectivity index (χ3n) is 1.92. The number of hydrogen-bond donors (Lipinski definition) is 0. The summed E-state index contributed by atoms with van der Waals surface area (Å²) < 4.78 is 0. The molecule has 0 aliphatic heterocycles. The van der Waals surface area contributed by atoms with Gasteiger partial charge in [-0.05, 0) is 51.1 Å². The van der Waals surface area contributed by atoms with Crippen LogP contribution in [0.5, 0.6) is 0 Å². The van der Waals surface area contributed by atoms with Crippen LogP contribution in [0.1, 0.15) is 24.0 Å². The third kappa shape index (κ3) is 5.50. The second kappa shape index (κ2) is 7.50. The molecule has 2 aromatic rings. The van der Waals surface area contributed by atoms with E-state index in [1.54, 1.807) is 6.07 Å². The lowest BCUT2D eigenvalue weighted by atomic mass is 10.3. The zero-order valence-electron chi connectivity index (χ0n) is 10.6. The number of allylic oxidation sites excluding steroid dienone is 1. The molecule has 0 amide bonds. The number of hydrogen-bond acceptors (Lipinski definition) is 4. The molecule has 0 fully saturated rings. The molecule has 0 spiro atoms. The summed E-state index contributed by atoms with van der Waals surface area (Å²) in [7, 11) is 0. The van der Waals surface area contributed by atoms with E-state index in [9.17, 15) is 0 Å². The molecular weight excluding hydrogens is 248 g/mol. The summed E-state index contributed by atoms with van der Waals surface area (Å²) in [6.45, 7) is 5.75. The fourth-order valence-electron chi connectivity index (χ4n) is 1.05. The molecule has 2 rings (SSSR count). The molecule has 0 aliphatic rings. The van der Waals surface area contributed by atoms with Crippen LogP contribution in [-0.2, 0) is 0 Å². The van der Waals surface area contributed by atoms with Crippen molar-refractivity contribution in [3.63, 3.8) is 0 Å². The predicted molar refractivity (Wildman–Crippen MR) is 73.3 cm³/mol. The van der Waals surface area contributed by atoms with Crippen molar-refractivity contribution in [2.24, 2.45) is 0 Å². The van der Waals surface area contributed by atoms with Crippen LogP contribution in [0.4, 0.5) is 0 Å². The van der Waals surface area contributed by atoms with E-state index in [-0.39, 0.29) is 0 Å². The van der Waals surface area contributed by atoms with Crippen molar-refractivity contribution in [2.45, 2.75) is 20.8 Å². The van der Waals surface area contributed by atoms with Gasteiger partial charge in [0.15, 0.2) is 5.15 Å². The molecule has 4 nitrogen and oxygen atoms in total. The van der Waals surface area contributed by atoms with Crippen molar-refractivity contribution in [3.8, 4) is 0 Å². The van der Waals surface area contributed by atoms with Crippen molar-refractivity contribution in [3.05, 3.63) is 52.6 Å². The van der Waals surface area contributed by atoms with Gasteiger partial charge in [0.2, 0.25) is 0 Å². The van der Waals surface area contributed by atoms with Gasteiger partial charge < -0.3 is 0 Å². The van der Waals surface area contributed by atoms with Crippen molar-refractivity contribution in [1.29, 1.82) is 0 Å². The van der Waals surface area contributed by atoms with Crippen molar-refractivity contribution in [1.82, 2.24) is 20.4 Å². The van der Waals surface area contributed by atoms with Gasteiger partial charge >= 0.3 is 0 Å². The first-order chi connectivity index (χ1) is 8.61. The molecular formula is C13H15ClN4. The van der Waals surface area contributed by atoms with Crippen LogP contribution >= 0.6 is 11.6 Å². The van der Waals surface area contributed by atoms with Crippen LogP contribution in [0.25, 0.3) is 6.08 Å². The van der Waals surface area contributed by atoms with Gasteiger partial charge in [0.25, 0.3) is 0 Å². The highest BCUT2D eigenvalue weighted by atomic mass is 35.5. The average molecular weight is 263 g/mol. The summed E-state index contributed by atoms with van der Waals surface area (Å²) in [6.07, 6.45) is 3.87. The Labute approximate surface area is 112 Å². The molecule has 0 saturated carbocycles. The molecule has 0 atom stereocenters. The fourth-order valence-corrected chi connectivity index (χ4v) is 1.15. The normalized spacial score (nSPS) is 10.0. The molecule has 0 radical (unpaired) electrons. The molecule has 2 aromatic heterocycles. The first-order valence-electron chi connectivity index (χ1n) is 5.50. The Hall–Kier alpha value is -1.81. The second-order valence-electron chi connectivity index (χ2n) is 3.60. The first kappa shape index (κ1) is 14.3. The Morgan fingerprint density at radius 1 is 0.889 bits per heavy atom. The zero-order chi connectivity index (χ0) is 13.4. The van der Waals surface area contributed by atoms with Gasteiger partial charge in [0.1, 0.15) is 0 Å². The largest absolute Gasteiger partial charge is 0.155 e. The standard InChI is InChI=1S/C8H10N2.C5H5ClN2/c1-3-4-8-6-5-7(2)9-10-8;1-4-2-3-5(6)8-7-4/h3-6H,1-2H3;2-3H,1H3/b4-3+;. The van der Waals surface area contributed by atoms with Crippen LogP contribution in [0, 0.1) is 13.8 Å². The molecule has 2 heterocycles. The van der Waals surface area contributed by atoms with E-state index in [0.717, 1.165) is 17.1 Å². The SMILES string of the molecule is C/C=C/c1ccc(C)nn1.Cc1ccc(Cl)nn1. The highest BCUT2D eigenvalue weighted by Crippen LogP contribution is 1.99. The Balaban J connectivity index is 0.000000184. The van der Waals surface area contributed by atoms with E-state index in [0.29, 0.717) is 5.15 Å². The van der Waals surface area contributed by atoms with Crippen LogP contribution in [0.3, 0.4) is 0 Å². The second-order valence-corrected chi connectivity index (χ2v) is 3.98. The molecule has 0 bridgehead atoms. The van der Waals surface area contributed by atoms with E-state index < -0.39 is 0 Å². The van der Waals surface area contributed by atoms with Crippen LogP contribution < -0.4 is 0 Å². The Kier molecular flexibility index (Phi) is 5.94. The predicted octanol–water partition coefficient (Wildman–Crippen LogP) is 3.26. The lowest BCUT2D eigenvalue weighted by Crippen LogP contribution is -1.87. The van der Waals surface area contributed by atoms with Crippen LogP contribution in [0.15, 0.2) is 30.3 Å². The minimum absolute atomic E-state index is 0.440. The van der Waals surface area contributed by atoms with Crippen molar-refractivity contribution in [2.75, 3.05) is 0 Å². The lowest BCUT2D eigenvalue weighted by molar-refractivity contribution is 0.969. The molecule has 0 saturated heterocycles. The van der Waals surface area contributed by atoms with E-state index in [1.807, 2.05) is 51.1 Å². The molecule has 0 unspecified atom stereocenters. The monoisotopic (exact) mass is 262 g/mol. The molecule has 18 heavy (non-hydrogen) atoms. The van der Waals surface area contributed by atoms with Gasteiger partial charge in [-0.15, -0.1) is 5.10 Å². The molecule has 0 aliphatic carbocycles. The topological polar surface area (TPSA) is 51.6 Å². The quantitative estimate of drug-likeness (QED) is 0.792. The van der Waals surface area contributed by atoms with E-state index >= 15 is 0 Å². The van der Waals surface area contributed by atoms with Gasteiger partial charge in [0.05, 0.1) is 17.1 Å². The maximum absolute atomic E-state index is 5.44. The number of aromatic nitrogens is 4. The Bertz CT molecular complexity index is 470.